The van der Waals surface area contributed by atoms with Crippen LogP contribution in [0.25, 0.3) is 0 Å². The summed E-state index contributed by atoms with van der Waals surface area (Å²) >= 11 is 0. The number of nitrogens with one attached hydrogen (secondary N) is 2. The number of hydrogen-bond donors (Lipinski definition) is 2. The molecule has 2 rings (SSSR count). The number of amides is 2. The van der Waals surface area contributed by atoms with Gasteiger partial charge in [0.25, 0.3) is 0 Å². The zero-order valence-corrected chi connectivity index (χ0v) is 12.7. The van der Waals surface area contributed by atoms with Crippen molar-refractivity contribution in [2.75, 3.05) is 18.0 Å². The summed E-state index contributed by atoms with van der Waals surface area (Å²) in [6, 6.07) is 3.56. The number of anilines is 1. The number of nitrogens with zero attached hydrogens (tertiary/aromatic N) is 2. The molecule has 6 nitrogen and oxygen atoms in total. The molecule has 0 saturated carbocycles. The van der Waals surface area contributed by atoms with Crippen LogP contribution in [0.2, 0.25) is 0 Å². The summed E-state index contributed by atoms with van der Waals surface area (Å²) in [5.41, 5.74) is 1.00. The van der Waals surface area contributed by atoms with Gasteiger partial charge < -0.3 is 10.2 Å². The number of pyridine rings is 1. The summed E-state index contributed by atoms with van der Waals surface area (Å²) in [6.45, 7) is 7.01. The fraction of sp³-hybridized carbons (Fsp3) is 0.533. The van der Waals surface area contributed by atoms with Crippen molar-refractivity contribution in [3.05, 3.63) is 23.9 Å². The summed E-state index contributed by atoms with van der Waals surface area (Å²) in [6.07, 6.45) is 2.73. The molecule has 0 bridgehead atoms. The second-order valence-corrected chi connectivity index (χ2v) is 5.31. The highest BCUT2D eigenvalue weighted by Crippen LogP contribution is 2.26. The Morgan fingerprint density at radius 2 is 2.29 bits per heavy atom. The van der Waals surface area contributed by atoms with Gasteiger partial charge in [-0.1, -0.05) is 13.0 Å². The lowest BCUT2D eigenvalue weighted by Gasteiger charge is -2.34. The highest BCUT2D eigenvalue weighted by atomic mass is 16.2. The second-order valence-electron chi connectivity index (χ2n) is 5.31. The van der Waals surface area contributed by atoms with Gasteiger partial charge in [-0.15, -0.1) is 0 Å². The minimum Gasteiger partial charge on any atom is -0.335 e. The molecule has 0 aliphatic carbocycles. The number of carbonyl (C=O) groups is 2. The molecule has 0 radical (unpaired) electrons. The van der Waals surface area contributed by atoms with Crippen LogP contribution in [0.15, 0.2) is 18.3 Å². The lowest BCUT2D eigenvalue weighted by molar-refractivity contribution is -0.132. The molecular formula is C15H22N4O2. The van der Waals surface area contributed by atoms with Crippen LogP contribution >= 0.6 is 0 Å². The Morgan fingerprint density at radius 3 is 3.00 bits per heavy atom. The molecule has 114 valence electrons. The minimum atomic E-state index is -0.408. The number of piperazine rings is 1. The molecule has 1 aliphatic rings. The molecule has 1 aliphatic heterocycles. The average Bonchev–Trinajstić information content (AvgIpc) is 2.48. The van der Waals surface area contributed by atoms with E-state index in [4.69, 9.17) is 0 Å². The van der Waals surface area contributed by atoms with Gasteiger partial charge in [0.05, 0.1) is 6.54 Å². The van der Waals surface area contributed by atoms with Gasteiger partial charge in [0.1, 0.15) is 11.9 Å². The third kappa shape index (κ3) is 3.39. The van der Waals surface area contributed by atoms with Crippen molar-refractivity contribution in [3.63, 3.8) is 0 Å². The number of rotatable bonds is 5. The van der Waals surface area contributed by atoms with Crippen molar-refractivity contribution in [2.24, 2.45) is 0 Å². The topological polar surface area (TPSA) is 74.3 Å². The molecule has 1 saturated heterocycles. The maximum atomic E-state index is 11.8. The number of hydrogen-bond acceptors (Lipinski definition) is 5. The van der Waals surface area contributed by atoms with Gasteiger partial charge in [-0.25, -0.2) is 4.98 Å². The quantitative estimate of drug-likeness (QED) is 0.791. The van der Waals surface area contributed by atoms with Crippen molar-refractivity contribution >= 4 is 17.6 Å². The van der Waals surface area contributed by atoms with Crippen molar-refractivity contribution in [1.29, 1.82) is 0 Å². The van der Waals surface area contributed by atoms with Gasteiger partial charge in [0, 0.05) is 17.8 Å². The molecule has 0 spiro atoms. The summed E-state index contributed by atoms with van der Waals surface area (Å²) in [7, 11) is 0. The van der Waals surface area contributed by atoms with Crippen molar-refractivity contribution in [1.82, 2.24) is 15.6 Å². The number of carbonyl (C=O) groups excluding carboxylic acids is 2. The smallest absolute Gasteiger partial charge is 0.249 e. The Balaban J connectivity index is 2.30. The molecule has 2 atom stereocenters. The van der Waals surface area contributed by atoms with E-state index in [-0.39, 0.29) is 24.4 Å². The van der Waals surface area contributed by atoms with Crippen LogP contribution in [0.1, 0.15) is 38.8 Å². The highest BCUT2D eigenvalue weighted by molar-refractivity contribution is 6.04. The Morgan fingerprint density at radius 1 is 1.52 bits per heavy atom. The zero-order valence-electron chi connectivity index (χ0n) is 12.7. The largest absolute Gasteiger partial charge is 0.335 e. The fourth-order valence-electron chi connectivity index (χ4n) is 2.43. The molecule has 1 aromatic rings. The van der Waals surface area contributed by atoms with Crippen LogP contribution in [-0.2, 0) is 9.59 Å². The van der Waals surface area contributed by atoms with Gasteiger partial charge in [-0.2, -0.15) is 0 Å². The van der Waals surface area contributed by atoms with Gasteiger partial charge in [0.15, 0.2) is 0 Å². The van der Waals surface area contributed by atoms with Crippen molar-refractivity contribution in [2.45, 2.75) is 39.3 Å². The van der Waals surface area contributed by atoms with Gasteiger partial charge in [-0.05, 0) is 32.9 Å². The summed E-state index contributed by atoms with van der Waals surface area (Å²) in [5, 5.41) is 5.76. The maximum Gasteiger partial charge on any atom is 0.249 e. The lowest BCUT2D eigenvalue weighted by atomic mass is 10.1. The molecule has 0 aromatic carbocycles. The third-order valence-corrected chi connectivity index (χ3v) is 3.68. The summed E-state index contributed by atoms with van der Waals surface area (Å²) in [4.78, 5) is 29.6. The van der Waals surface area contributed by atoms with E-state index in [1.807, 2.05) is 12.1 Å². The molecule has 1 fully saturated rings. The van der Waals surface area contributed by atoms with E-state index in [9.17, 15) is 9.59 Å². The molecule has 2 N–H and O–H groups in total. The molecule has 2 unspecified atom stereocenters. The molecule has 2 amide bonds. The highest BCUT2D eigenvalue weighted by Gasteiger charge is 2.32. The van der Waals surface area contributed by atoms with Crippen molar-refractivity contribution in [3.8, 4) is 0 Å². The Bertz CT molecular complexity index is 532. The van der Waals surface area contributed by atoms with Crippen LogP contribution in [0, 0.1) is 0 Å². The Labute approximate surface area is 124 Å². The summed E-state index contributed by atoms with van der Waals surface area (Å²) in [5.74, 6) is 0.130. The SMILES string of the molecule is CCCNC(C)c1cccnc1N1CC(=O)NC(=O)C1C. The first-order chi connectivity index (χ1) is 10.0. The molecule has 6 heteroatoms. The van der Waals surface area contributed by atoms with Crippen LogP contribution in [0.3, 0.4) is 0 Å². The van der Waals surface area contributed by atoms with Crippen LogP contribution in [-0.4, -0.2) is 35.9 Å². The zero-order chi connectivity index (χ0) is 15.4. The van der Waals surface area contributed by atoms with E-state index < -0.39 is 6.04 Å². The first kappa shape index (κ1) is 15.4. The summed E-state index contributed by atoms with van der Waals surface area (Å²) < 4.78 is 0. The van der Waals surface area contributed by atoms with Gasteiger partial charge in [-0.3, -0.25) is 14.9 Å². The van der Waals surface area contributed by atoms with Gasteiger partial charge >= 0.3 is 0 Å². The number of imide groups is 1. The van der Waals surface area contributed by atoms with E-state index in [0.29, 0.717) is 5.82 Å². The predicted octanol–water partition coefficient (Wildman–Crippen LogP) is 0.993. The maximum absolute atomic E-state index is 11.8. The Kier molecular flexibility index (Phi) is 4.90. The van der Waals surface area contributed by atoms with E-state index >= 15 is 0 Å². The van der Waals surface area contributed by atoms with Crippen LogP contribution in [0.4, 0.5) is 5.82 Å². The fourth-order valence-corrected chi connectivity index (χ4v) is 2.43. The average molecular weight is 290 g/mol. The van der Waals surface area contributed by atoms with Gasteiger partial charge in [0.2, 0.25) is 11.8 Å². The third-order valence-electron chi connectivity index (χ3n) is 3.68. The number of aromatic nitrogens is 1. The minimum absolute atomic E-state index is 0.112. The van der Waals surface area contributed by atoms with E-state index in [0.717, 1.165) is 18.5 Å². The molecule has 21 heavy (non-hydrogen) atoms. The lowest BCUT2D eigenvalue weighted by Crippen LogP contribution is -2.57. The molecule has 1 aromatic heterocycles. The van der Waals surface area contributed by atoms with E-state index in [2.05, 4.69) is 29.5 Å². The predicted molar refractivity (Wildman–Crippen MR) is 80.9 cm³/mol. The first-order valence-corrected chi connectivity index (χ1v) is 7.33. The Hall–Kier alpha value is -1.95. The van der Waals surface area contributed by atoms with Crippen molar-refractivity contribution < 1.29 is 9.59 Å². The van der Waals surface area contributed by atoms with E-state index in [1.54, 1.807) is 18.0 Å². The molecule has 2 heterocycles. The standard InChI is InChI=1S/C15H22N4O2/c1-4-7-16-10(2)12-6-5-8-17-14(12)19-9-13(20)18-15(21)11(19)3/h5-6,8,10-11,16H,4,7,9H2,1-3H3,(H,18,20,21). The van der Waals surface area contributed by atoms with Crippen LogP contribution < -0.4 is 15.5 Å². The monoisotopic (exact) mass is 290 g/mol. The molecular weight excluding hydrogens is 268 g/mol. The van der Waals surface area contributed by atoms with E-state index in [1.165, 1.54) is 0 Å². The van der Waals surface area contributed by atoms with Crippen LogP contribution in [0.5, 0.6) is 0 Å². The normalized spacial score (nSPS) is 20.3. The second kappa shape index (κ2) is 6.67. The first-order valence-electron chi connectivity index (χ1n) is 7.33.